The lowest BCUT2D eigenvalue weighted by Crippen LogP contribution is -2.11. The molecule has 0 fully saturated rings. The first-order valence-corrected chi connectivity index (χ1v) is 11.7. The molecule has 0 unspecified atom stereocenters. The molecular formula is C28H22N2O3S. The fourth-order valence-corrected chi connectivity index (χ4v) is 4.58. The highest BCUT2D eigenvalue weighted by molar-refractivity contribution is 7.09. The van der Waals surface area contributed by atoms with E-state index in [-0.39, 0.29) is 11.3 Å². The molecule has 0 radical (unpaired) electrons. The van der Waals surface area contributed by atoms with Crippen molar-refractivity contribution in [2.75, 3.05) is 5.32 Å². The van der Waals surface area contributed by atoms with E-state index in [9.17, 15) is 9.59 Å². The summed E-state index contributed by atoms with van der Waals surface area (Å²) in [7, 11) is 0. The minimum atomic E-state index is -0.213. The van der Waals surface area contributed by atoms with Crippen LogP contribution in [0.3, 0.4) is 0 Å². The molecule has 168 valence electrons. The summed E-state index contributed by atoms with van der Waals surface area (Å²) in [4.78, 5) is 29.9. The van der Waals surface area contributed by atoms with E-state index in [1.165, 1.54) is 6.07 Å². The predicted molar refractivity (Wildman–Crippen MR) is 138 cm³/mol. The molecule has 5 aromatic rings. The Labute approximate surface area is 200 Å². The molecule has 1 N–H and O–H groups in total. The minimum Gasteiger partial charge on any atom is -0.456 e. The number of aryl methyl sites for hydroxylation is 3. The Balaban J connectivity index is 1.35. The van der Waals surface area contributed by atoms with Gasteiger partial charge < -0.3 is 9.73 Å². The van der Waals surface area contributed by atoms with E-state index in [2.05, 4.69) is 10.3 Å². The van der Waals surface area contributed by atoms with Crippen LogP contribution in [-0.4, -0.2) is 10.9 Å². The smallest absolute Gasteiger partial charge is 0.255 e. The number of hydrogen-bond donors (Lipinski definition) is 1. The van der Waals surface area contributed by atoms with Gasteiger partial charge in [-0.1, -0.05) is 30.3 Å². The number of aromatic nitrogens is 1. The highest BCUT2D eigenvalue weighted by Gasteiger charge is 2.12. The van der Waals surface area contributed by atoms with Gasteiger partial charge in [0.25, 0.3) is 5.91 Å². The average molecular weight is 467 g/mol. The zero-order chi connectivity index (χ0) is 23.8. The molecule has 1 amide bonds. The van der Waals surface area contributed by atoms with E-state index in [0.29, 0.717) is 28.0 Å². The lowest BCUT2D eigenvalue weighted by atomic mass is 10.1. The van der Waals surface area contributed by atoms with Crippen LogP contribution >= 0.6 is 11.3 Å². The number of carbonyl (C=O) groups excluding carboxylic acids is 1. The third kappa shape index (κ3) is 4.28. The fourth-order valence-electron chi connectivity index (χ4n) is 3.96. The molecule has 3 aromatic carbocycles. The SMILES string of the molecule is Cc1cc(C)c2oc(-c3ccc(C(=O)Nc4ccc(-c5csc(C)n5)cc4)cc3)cc(=O)c2c1. The average Bonchev–Trinajstić information content (AvgIpc) is 3.26. The molecule has 0 saturated carbocycles. The highest BCUT2D eigenvalue weighted by Crippen LogP contribution is 2.26. The number of hydrogen-bond acceptors (Lipinski definition) is 5. The van der Waals surface area contributed by atoms with Gasteiger partial charge in [-0.2, -0.15) is 0 Å². The van der Waals surface area contributed by atoms with Gasteiger partial charge in [0.1, 0.15) is 11.3 Å². The topological polar surface area (TPSA) is 72.2 Å². The second kappa shape index (κ2) is 8.72. The van der Waals surface area contributed by atoms with Crippen molar-refractivity contribution in [3.8, 4) is 22.6 Å². The van der Waals surface area contributed by atoms with Gasteiger partial charge in [-0.05, 0) is 62.2 Å². The standard InChI is InChI=1S/C28H22N2O3S/c1-16-12-17(2)27-23(13-16)25(31)14-26(33-27)20-4-6-21(7-5-20)28(32)30-22-10-8-19(9-11-22)24-15-34-18(3)29-24/h4-15H,1-3H3,(H,30,32). The molecule has 34 heavy (non-hydrogen) atoms. The summed E-state index contributed by atoms with van der Waals surface area (Å²) in [6.45, 7) is 5.86. The zero-order valence-corrected chi connectivity index (χ0v) is 19.8. The summed E-state index contributed by atoms with van der Waals surface area (Å²) in [6.07, 6.45) is 0. The first kappa shape index (κ1) is 21.8. The Bertz CT molecular complexity index is 1580. The van der Waals surface area contributed by atoms with E-state index in [1.807, 2.05) is 62.5 Å². The molecule has 5 rings (SSSR count). The van der Waals surface area contributed by atoms with Crippen molar-refractivity contribution in [3.05, 3.63) is 104 Å². The summed E-state index contributed by atoms with van der Waals surface area (Å²) in [5.74, 6) is 0.263. The maximum atomic E-state index is 12.7. The van der Waals surface area contributed by atoms with Crippen LogP contribution in [0.25, 0.3) is 33.6 Å². The molecule has 0 saturated heterocycles. The van der Waals surface area contributed by atoms with Crippen LogP contribution in [0.15, 0.2) is 81.3 Å². The Kier molecular flexibility index (Phi) is 5.59. The van der Waals surface area contributed by atoms with Crippen molar-refractivity contribution in [2.24, 2.45) is 0 Å². The summed E-state index contributed by atoms with van der Waals surface area (Å²) in [5.41, 5.74) is 6.34. The van der Waals surface area contributed by atoms with E-state index in [4.69, 9.17) is 4.42 Å². The van der Waals surface area contributed by atoms with Gasteiger partial charge in [0.15, 0.2) is 5.43 Å². The van der Waals surface area contributed by atoms with Crippen LogP contribution in [0.1, 0.15) is 26.5 Å². The summed E-state index contributed by atoms with van der Waals surface area (Å²) in [5, 5.41) is 6.53. The molecule has 0 aliphatic heterocycles. The largest absolute Gasteiger partial charge is 0.456 e. The van der Waals surface area contributed by atoms with E-state index < -0.39 is 0 Å². The molecule has 2 aromatic heterocycles. The minimum absolute atomic E-state index is 0.0823. The van der Waals surface area contributed by atoms with Crippen LogP contribution in [-0.2, 0) is 0 Å². The second-order valence-electron chi connectivity index (χ2n) is 8.29. The van der Waals surface area contributed by atoms with Crippen molar-refractivity contribution in [2.45, 2.75) is 20.8 Å². The van der Waals surface area contributed by atoms with Crippen molar-refractivity contribution in [1.29, 1.82) is 0 Å². The number of benzene rings is 3. The van der Waals surface area contributed by atoms with Gasteiger partial charge in [-0.15, -0.1) is 11.3 Å². The van der Waals surface area contributed by atoms with Gasteiger partial charge in [0.05, 0.1) is 16.1 Å². The maximum absolute atomic E-state index is 12.7. The molecule has 6 heteroatoms. The first-order valence-electron chi connectivity index (χ1n) is 10.9. The van der Waals surface area contributed by atoms with Crippen LogP contribution < -0.4 is 10.7 Å². The van der Waals surface area contributed by atoms with Gasteiger partial charge in [0, 0.05) is 33.8 Å². The number of carbonyl (C=O) groups is 1. The predicted octanol–water partition coefficient (Wildman–Crippen LogP) is 6.76. The lowest BCUT2D eigenvalue weighted by molar-refractivity contribution is 0.102. The summed E-state index contributed by atoms with van der Waals surface area (Å²) >= 11 is 1.61. The quantitative estimate of drug-likeness (QED) is 0.318. The molecule has 5 nitrogen and oxygen atoms in total. The Hall–Kier alpha value is -4.03. The van der Waals surface area contributed by atoms with E-state index in [0.717, 1.165) is 33.0 Å². The summed E-state index contributed by atoms with van der Waals surface area (Å²) in [6, 6.07) is 20.0. The number of fused-ring (bicyclic) bond motifs is 1. The number of nitrogens with zero attached hydrogens (tertiary/aromatic N) is 1. The molecule has 0 aliphatic rings. The molecule has 0 spiro atoms. The van der Waals surface area contributed by atoms with Crippen molar-refractivity contribution in [3.63, 3.8) is 0 Å². The van der Waals surface area contributed by atoms with Crippen molar-refractivity contribution >= 4 is 33.9 Å². The molecular weight excluding hydrogens is 444 g/mol. The van der Waals surface area contributed by atoms with Gasteiger partial charge in [-0.3, -0.25) is 9.59 Å². The normalized spacial score (nSPS) is 11.0. The molecule has 0 bridgehead atoms. The number of rotatable bonds is 4. The number of anilines is 1. The monoisotopic (exact) mass is 466 g/mol. The molecule has 0 atom stereocenters. The highest BCUT2D eigenvalue weighted by atomic mass is 32.1. The third-order valence-electron chi connectivity index (χ3n) is 5.65. The fraction of sp³-hybridized carbons (Fsp3) is 0.107. The molecule has 2 heterocycles. The van der Waals surface area contributed by atoms with Crippen LogP contribution in [0.5, 0.6) is 0 Å². The van der Waals surface area contributed by atoms with Crippen molar-refractivity contribution < 1.29 is 9.21 Å². The Morgan fingerprint density at radius 2 is 1.62 bits per heavy atom. The summed E-state index contributed by atoms with van der Waals surface area (Å²) < 4.78 is 6.05. The van der Waals surface area contributed by atoms with Gasteiger partial charge in [0.2, 0.25) is 0 Å². The third-order valence-corrected chi connectivity index (χ3v) is 6.42. The zero-order valence-electron chi connectivity index (χ0n) is 19.0. The van der Waals surface area contributed by atoms with E-state index in [1.54, 1.807) is 35.6 Å². The lowest BCUT2D eigenvalue weighted by Gasteiger charge is -2.08. The van der Waals surface area contributed by atoms with Gasteiger partial charge >= 0.3 is 0 Å². The molecule has 0 aliphatic carbocycles. The maximum Gasteiger partial charge on any atom is 0.255 e. The van der Waals surface area contributed by atoms with Crippen LogP contribution in [0.2, 0.25) is 0 Å². The number of thiazole rings is 1. The van der Waals surface area contributed by atoms with Crippen LogP contribution in [0, 0.1) is 20.8 Å². The number of amides is 1. The number of nitrogens with one attached hydrogen (secondary N) is 1. The van der Waals surface area contributed by atoms with Gasteiger partial charge in [-0.25, -0.2) is 4.98 Å². The van der Waals surface area contributed by atoms with Crippen molar-refractivity contribution in [1.82, 2.24) is 4.98 Å². The first-order chi connectivity index (χ1) is 16.4. The van der Waals surface area contributed by atoms with Crippen LogP contribution in [0.4, 0.5) is 5.69 Å². The Morgan fingerprint density at radius 1 is 0.912 bits per heavy atom. The Morgan fingerprint density at radius 3 is 2.29 bits per heavy atom. The second-order valence-corrected chi connectivity index (χ2v) is 9.36. The van der Waals surface area contributed by atoms with E-state index >= 15 is 0 Å².